The zero-order valence-corrected chi connectivity index (χ0v) is 10.5. The third-order valence-corrected chi connectivity index (χ3v) is 3.15. The number of hydrogen-bond acceptors (Lipinski definition) is 2. The summed E-state index contributed by atoms with van der Waals surface area (Å²) in [4.78, 5) is 3.33. The highest BCUT2D eigenvalue weighted by atomic mass is 16.5. The first-order chi connectivity index (χ1) is 9.30. The van der Waals surface area contributed by atoms with Crippen molar-refractivity contribution in [1.82, 2.24) is 4.98 Å². The van der Waals surface area contributed by atoms with Crippen molar-refractivity contribution in [2.45, 2.75) is 0 Å². The van der Waals surface area contributed by atoms with E-state index >= 15 is 0 Å². The fraction of sp³-hybridized carbons (Fsp3) is 0.0625. The van der Waals surface area contributed by atoms with Crippen LogP contribution in [0.1, 0.15) is 5.56 Å². The summed E-state index contributed by atoms with van der Waals surface area (Å²) in [6, 6.07) is 17.8. The van der Waals surface area contributed by atoms with E-state index in [1.165, 1.54) is 0 Å². The monoisotopic (exact) mass is 248 g/mol. The number of aromatic nitrogens is 1. The van der Waals surface area contributed by atoms with Crippen LogP contribution in [0.15, 0.2) is 48.5 Å². The molecule has 0 bridgehead atoms. The number of ether oxygens (including phenoxy) is 1. The average Bonchev–Trinajstić information content (AvgIpc) is 2.90. The van der Waals surface area contributed by atoms with E-state index in [9.17, 15) is 0 Å². The first-order valence-electron chi connectivity index (χ1n) is 5.97. The van der Waals surface area contributed by atoms with Gasteiger partial charge in [0, 0.05) is 16.6 Å². The summed E-state index contributed by atoms with van der Waals surface area (Å²) >= 11 is 0. The summed E-state index contributed by atoms with van der Waals surface area (Å²) in [5.41, 5.74) is 3.77. The molecule has 0 saturated heterocycles. The molecule has 0 spiro atoms. The van der Waals surface area contributed by atoms with Crippen molar-refractivity contribution in [3.8, 4) is 23.1 Å². The molecule has 0 fully saturated rings. The number of H-pyrrole nitrogens is 1. The largest absolute Gasteiger partial charge is 0.497 e. The predicted molar refractivity (Wildman–Crippen MR) is 75.0 cm³/mol. The van der Waals surface area contributed by atoms with Crippen LogP contribution >= 0.6 is 0 Å². The van der Waals surface area contributed by atoms with Gasteiger partial charge < -0.3 is 9.72 Å². The highest BCUT2D eigenvalue weighted by Crippen LogP contribution is 2.26. The van der Waals surface area contributed by atoms with Crippen molar-refractivity contribution in [3.63, 3.8) is 0 Å². The van der Waals surface area contributed by atoms with Crippen LogP contribution in [0.2, 0.25) is 0 Å². The smallest absolute Gasteiger partial charge is 0.118 e. The molecule has 0 amide bonds. The molecule has 92 valence electrons. The second-order valence-corrected chi connectivity index (χ2v) is 4.33. The van der Waals surface area contributed by atoms with Gasteiger partial charge in [-0.05, 0) is 48.0 Å². The first kappa shape index (κ1) is 11.4. The van der Waals surface area contributed by atoms with Crippen molar-refractivity contribution in [2.24, 2.45) is 0 Å². The van der Waals surface area contributed by atoms with Crippen LogP contribution in [0, 0.1) is 11.3 Å². The molecular weight excluding hydrogens is 236 g/mol. The summed E-state index contributed by atoms with van der Waals surface area (Å²) in [6.45, 7) is 0. The van der Waals surface area contributed by atoms with Gasteiger partial charge in [-0.2, -0.15) is 5.26 Å². The number of nitrogens with zero attached hydrogens (tertiary/aromatic N) is 1. The standard InChI is InChI=1S/C16H12N2O/c1-19-14-6-4-12(5-7-14)16-9-13-3-2-11(10-17)8-15(13)18-16/h2-9,18H,1H3. The third-order valence-electron chi connectivity index (χ3n) is 3.15. The van der Waals surface area contributed by atoms with Gasteiger partial charge in [-0.15, -0.1) is 0 Å². The van der Waals surface area contributed by atoms with Crippen LogP contribution in [0.5, 0.6) is 5.75 Å². The maximum atomic E-state index is 8.90. The third kappa shape index (κ3) is 2.04. The number of nitrogens with one attached hydrogen (secondary N) is 1. The molecule has 19 heavy (non-hydrogen) atoms. The highest BCUT2D eigenvalue weighted by molar-refractivity contribution is 5.86. The molecule has 2 aromatic carbocycles. The molecular formula is C16H12N2O. The Kier molecular flexibility index (Phi) is 2.70. The maximum Gasteiger partial charge on any atom is 0.118 e. The molecule has 1 heterocycles. The average molecular weight is 248 g/mol. The van der Waals surface area contributed by atoms with Crippen molar-refractivity contribution in [3.05, 3.63) is 54.1 Å². The van der Waals surface area contributed by atoms with Gasteiger partial charge in [-0.3, -0.25) is 0 Å². The lowest BCUT2D eigenvalue weighted by molar-refractivity contribution is 0.415. The van der Waals surface area contributed by atoms with Gasteiger partial charge in [0.2, 0.25) is 0 Å². The van der Waals surface area contributed by atoms with Crippen molar-refractivity contribution >= 4 is 10.9 Å². The van der Waals surface area contributed by atoms with E-state index in [1.807, 2.05) is 42.5 Å². The quantitative estimate of drug-likeness (QED) is 0.751. The number of rotatable bonds is 2. The first-order valence-corrected chi connectivity index (χ1v) is 5.97. The summed E-state index contributed by atoms with van der Waals surface area (Å²) < 4.78 is 5.15. The molecule has 3 rings (SSSR count). The van der Waals surface area contributed by atoms with E-state index in [0.717, 1.165) is 27.9 Å². The summed E-state index contributed by atoms with van der Waals surface area (Å²) in [5.74, 6) is 0.839. The molecule has 3 nitrogen and oxygen atoms in total. The maximum absolute atomic E-state index is 8.90. The van der Waals surface area contributed by atoms with E-state index < -0.39 is 0 Å². The van der Waals surface area contributed by atoms with E-state index in [0.29, 0.717) is 5.56 Å². The number of fused-ring (bicyclic) bond motifs is 1. The Bertz CT molecular complexity index is 764. The Morgan fingerprint density at radius 2 is 1.84 bits per heavy atom. The Morgan fingerprint density at radius 1 is 1.05 bits per heavy atom. The lowest BCUT2D eigenvalue weighted by atomic mass is 10.1. The summed E-state index contributed by atoms with van der Waals surface area (Å²) in [6.07, 6.45) is 0. The molecule has 0 aliphatic rings. The number of nitriles is 1. The molecule has 0 saturated carbocycles. The van der Waals surface area contributed by atoms with Crippen LogP contribution in [0.4, 0.5) is 0 Å². The Hall–Kier alpha value is -2.73. The van der Waals surface area contributed by atoms with Gasteiger partial charge in [-0.1, -0.05) is 6.07 Å². The number of aromatic amines is 1. The molecule has 0 radical (unpaired) electrons. The molecule has 1 aromatic heterocycles. The Morgan fingerprint density at radius 3 is 2.53 bits per heavy atom. The molecule has 3 heteroatoms. The molecule has 0 aliphatic carbocycles. The van der Waals surface area contributed by atoms with E-state index in [4.69, 9.17) is 10.00 Å². The van der Waals surface area contributed by atoms with E-state index in [1.54, 1.807) is 7.11 Å². The minimum absolute atomic E-state index is 0.663. The molecule has 1 N–H and O–H groups in total. The van der Waals surface area contributed by atoms with Crippen LogP contribution in [-0.2, 0) is 0 Å². The zero-order chi connectivity index (χ0) is 13.2. The van der Waals surface area contributed by atoms with Gasteiger partial charge in [0.05, 0.1) is 18.7 Å². The van der Waals surface area contributed by atoms with Crippen molar-refractivity contribution in [1.29, 1.82) is 5.26 Å². The van der Waals surface area contributed by atoms with Crippen LogP contribution in [0.25, 0.3) is 22.2 Å². The SMILES string of the molecule is COc1ccc(-c2cc3ccc(C#N)cc3[nH]2)cc1. The zero-order valence-electron chi connectivity index (χ0n) is 10.5. The normalized spacial score (nSPS) is 10.3. The molecule has 3 aromatic rings. The summed E-state index contributed by atoms with van der Waals surface area (Å²) in [7, 11) is 1.65. The van der Waals surface area contributed by atoms with Gasteiger partial charge in [0.1, 0.15) is 5.75 Å². The molecule has 0 atom stereocenters. The number of benzene rings is 2. The summed E-state index contributed by atoms with van der Waals surface area (Å²) in [5, 5.41) is 10.0. The number of hydrogen-bond donors (Lipinski definition) is 1. The topological polar surface area (TPSA) is 48.8 Å². The second kappa shape index (κ2) is 4.51. The highest BCUT2D eigenvalue weighted by Gasteiger charge is 2.04. The minimum Gasteiger partial charge on any atom is -0.497 e. The minimum atomic E-state index is 0.663. The second-order valence-electron chi connectivity index (χ2n) is 4.33. The lowest BCUT2D eigenvalue weighted by Gasteiger charge is -2.01. The van der Waals surface area contributed by atoms with Gasteiger partial charge in [0.15, 0.2) is 0 Å². The fourth-order valence-electron chi connectivity index (χ4n) is 2.12. The van der Waals surface area contributed by atoms with Gasteiger partial charge >= 0.3 is 0 Å². The Labute approximate surface area is 111 Å². The van der Waals surface area contributed by atoms with Gasteiger partial charge in [-0.25, -0.2) is 0 Å². The van der Waals surface area contributed by atoms with Crippen LogP contribution < -0.4 is 4.74 Å². The number of methoxy groups -OCH3 is 1. The van der Waals surface area contributed by atoms with Crippen molar-refractivity contribution in [2.75, 3.05) is 7.11 Å². The lowest BCUT2D eigenvalue weighted by Crippen LogP contribution is -1.82. The van der Waals surface area contributed by atoms with E-state index in [-0.39, 0.29) is 0 Å². The van der Waals surface area contributed by atoms with Crippen molar-refractivity contribution < 1.29 is 4.74 Å². The van der Waals surface area contributed by atoms with Crippen LogP contribution in [-0.4, -0.2) is 12.1 Å². The van der Waals surface area contributed by atoms with E-state index in [2.05, 4.69) is 17.1 Å². The molecule has 0 aliphatic heterocycles. The fourth-order valence-corrected chi connectivity index (χ4v) is 2.12. The Balaban J connectivity index is 2.07. The van der Waals surface area contributed by atoms with Gasteiger partial charge in [0.25, 0.3) is 0 Å². The predicted octanol–water partition coefficient (Wildman–Crippen LogP) is 3.72. The molecule has 0 unspecified atom stereocenters. The van der Waals surface area contributed by atoms with Crippen LogP contribution in [0.3, 0.4) is 0 Å².